The quantitative estimate of drug-likeness (QED) is 0.475. The van der Waals surface area contributed by atoms with Gasteiger partial charge in [-0.2, -0.15) is 0 Å². The molecule has 0 aromatic heterocycles. The van der Waals surface area contributed by atoms with Crippen LogP contribution in [0.25, 0.3) is 0 Å². The van der Waals surface area contributed by atoms with Gasteiger partial charge in [-0.05, 0) is 88.6 Å². The molecule has 184 valence electrons. The van der Waals surface area contributed by atoms with Crippen molar-refractivity contribution in [2.45, 2.75) is 94.9 Å². The van der Waals surface area contributed by atoms with Crippen molar-refractivity contribution in [3.63, 3.8) is 0 Å². The van der Waals surface area contributed by atoms with Crippen LogP contribution in [0.5, 0.6) is 0 Å². The van der Waals surface area contributed by atoms with Gasteiger partial charge in [0.25, 0.3) is 0 Å². The second-order valence-corrected chi connectivity index (χ2v) is 13.1. The van der Waals surface area contributed by atoms with E-state index in [1.54, 1.807) is 4.31 Å². The number of amides is 1. The summed E-state index contributed by atoms with van der Waals surface area (Å²) in [5, 5.41) is 9.93. The van der Waals surface area contributed by atoms with Crippen molar-refractivity contribution in [1.82, 2.24) is 20.3 Å². The maximum atomic E-state index is 13.0. The summed E-state index contributed by atoms with van der Waals surface area (Å²) in [5.74, 6) is 2.05. The summed E-state index contributed by atoms with van der Waals surface area (Å²) >= 11 is 0. The van der Waals surface area contributed by atoms with Gasteiger partial charge in [0, 0.05) is 25.7 Å². The summed E-state index contributed by atoms with van der Waals surface area (Å²) in [4.78, 5) is 12.5. The number of carbonyl (C=O) groups excluding carboxylic acids is 1. The summed E-state index contributed by atoms with van der Waals surface area (Å²) in [6.45, 7) is 6.45. The highest BCUT2D eigenvalue weighted by atomic mass is 32.2. The van der Waals surface area contributed by atoms with Crippen molar-refractivity contribution < 1.29 is 13.2 Å². The monoisotopic (exact) mass is 468 g/mol. The number of carbonyl (C=O) groups is 1. The summed E-state index contributed by atoms with van der Waals surface area (Å²) in [6.07, 6.45) is 11.1. The lowest BCUT2D eigenvalue weighted by molar-refractivity contribution is -0.122. The average molecular weight is 469 g/mol. The molecule has 3 heterocycles. The van der Waals surface area contributed by atoms with Gasteiger partial charge in [0.2, 0.25) is 15.9 Å². The SMILES string of the molecule is CC1CCC(S(=O)(=O)N2CCC(CCCCNC(=O)C3CC4CNCCC4N3)CC2)CC1. The lowest BCUT2D eigenvalue weighted by atomic mass is 9.91. The fourth-order valence-electron chi connectivity index (χ4n) is 6.29. The molecule has 3 unspecified atom stereocenters. The molecular formula is C24H44N4O3S. The molecular weight excluding hydrogens is 424 g/mol. The summed E-state index contributed by atoms with van der Waals surface area (Å²) < 4.78 is 27.8. The third kappa shape index (κ3) is 6.05. The predicted octanol–water partition coefficient (Wildman–Crippen LogP) is 2.23. The van der Waals surface area contributed by atoms with E-state index < -0.39 is 10.0 Å². The molecule has 1 saturated carbocycles. The Morgan fingerprint density at radius 1 is 1.03 bits per heavy atom. The molecule has 1 aliphatic carbocycles. The number of fused-ring (bicyclic) bond motifs is 1. The van der Waals surface area contributed by atoms with Gasteiger partial charge in [-0.3, -0.25) is 4.79 Å². The van der Waals surface area contributed by atoms with E-state index in [1.807, 2.05) is 0 Å². The maximum absolute atomic E-state index is 13.0. The average Bonchev–Trinajstić information content (AvgIpc) is 3.24. The first-order valence-electron chi connectivity index (χ1n) is 13.2. The highest BCUT2D eigenvalue weighted by Crippen LogP contribution is 2.32. The smallest absolute Gasteiger partial charge is 0.237 e. The van der Waals surface area contributed by atoms with Crippen molar-refractivity contribution in [3.8, 4) is 0 Å². The summed E-state index contributed by atoms with van der Waals surface area (Å²) in [7, 11) is -3.11. The number of hydrogen-bond acceptors (Lipinski definition) is 5. The van der Waals surface area contributed by atoms with Crippen molar-refractivity contribution in [1.29, 1.82) is 0 Å². The van der Waals surface area contributed by atoms with Crippen LogP contribution in [0.2, 0.25) is 0 Å². The molecule has 0 radical (unpaired) electrons. The van der Waals surface area contributed by atoms with Crippen LogP contribution in [0.4, 0.5) is 0 Å². The Hall–Kier alpha value is -0.700. The highest BCUT2D eigenvalue weighted by molar-refractivity contribution is 7.89. The van der Waals surface area contributed by atoms with Crippen LogP contribution in [-0.2, 0) is 14.8 Å². The molecule has 0 aromatic rings. The number of hydrogen-bond donors (Lipinski definition) is 3. The number of nitrogens with one attached hydrogen (secondary N) is 3. The van der Waals surface area contributed by atoms with Gasteiger partial charge >= 0.3 is 0 Å². The normalized spacial score (nSPS) is 34.8. The molecule has 3 aliphatic heterocycles. The van der Waals surface area contributed by atoms with E-state index in [0.717, 1.165) is 90.3 Å². The second kappa shape index (κ2) is 11.2. The van der Waals surface area contributed by atoms with Crippen LogP contribution in [0.1, 0.15) is 77.6 Å². The Kier molecular flexibility index (Phi) is 8.51. The predicted molar refractivity (Wildman–Crippen MR) is 128 cm³/mol. The van der Waals surface area contributed by atoms with Gasteiger partial charge in [-0.15, -0.1) is 0 Å². The number of sulfonamides is 1. The Morgan fingerprint density at radius 3 is 2.50 bits per heavy atom. The first-order valence-corrected chi connectivity index (χ1v) is 14.7. The molecule has 8 heteroatoms. The Balaban J connectivity index is 1.08. The molecule has 3 saturated heterocycles. The van der Waals surface area contributed by atoms with Crippen LogP contribution in [0.15, 0.2) is 0 Å². The first-order chi connectivity index (χ1) is 15.4. The lowest BCUT2D eigenvalue weighted by Gasteiger charge is -2.35. The zero-order valence-electron chi connectivity index (χ0n) is 19.9. The number of piperidine rings is 2. The van der Waals surface area contributed by atoms with E-state index in [4.69, 9.17) is 0 Å². The van der Waals surface area contributed by atoms with E-state index in [0.29, 0.717) is 36.9 Å². The van der Waals surface area contributed by atoms with Gasteiger partial charge in [-0.1, -0.05) is 19.8 Å². The van der Waals surface area contributed by atoms with Crippen molar-refractivity contribution in [2.24, 2.45) is 17.8 Å². The molecule has 1 amide bonds. The fourth-order valence-corrected chi connectivity index (χ4v) is 8.29. The molecule has 3 atom stereocenters. The van der Waals surface area contributed by atoms with E-state index in [1.165, 1.54) is 0 Å². The van der Waals surface area contributed by atoms with Crippen LogP contribution >= 0.6 is 0 Å². The van der Waals surface area contributed by atoms with Gasteiger partial charge in [-0.25, -0.2) is 12.7 Å². The second-order valence-electron chi connectivity index (χ2n) is 10.9. The van der Waals surface area contributed by atoms with Gasteiger partial charge in [0.15, 0.2) is 0 Å². The molecule has 4 rings (SSSR count). The van der Waals surface area contributed by atoms with Crippen LogP contribution in [0, 0.1) is 17.8 Å². The van der Waals surface area contributed by atoms with Crippen LogP contribution in [0.3, 0.4) is 0 Å². The number of rotatable bonds is 8. The molecule has 32 heavy (non-hydrogen) atoms. The van der Waals surface area contributed by atoms with E-state index in [-0.39, 0.29) is 17.2 Å². The largest absolute Gasteiger partial charge is 0.355 e. The van der Waals surface area contributed by atoms with E-state index in [2.05, 4.69) is 22.9 Å². The molecule has 4 aliphatic rings. The van der Waals surface area contributed by atoms with Crippen molar-refractivity contribution in [3.05, 3.63) is 0 Å². The van der Waals surface area contributed by atoms with Crippen LogP contribution < -0.4 is 16.0 Å². The van der Waals surface area contributed by atoms with Gasteiger partial charge in [0.1, 0.15) is 0 Å². The summed E-state index contributed by atoms with van der Waals surface area (Å²) in [5.41, 5.74) is 0. The Labute approximate surface area is 194 Å². The van der Waals surface area contributed by atoms with Crippen LogP contribution in [-0.4, -0.2) is 68.7 Å². The third-order valence-corrected chi connectivity index (χ3v) is 10.9. The molecule has 0 aromatic carbocycles. The highest BCUT2D eigenvalue weighted by Gasteiger charge is 2.38. The minimum absolute atomic E-state index is 0.0245. The molecule has 4 fully saturated rings. The van der Waals surface area contributed by atoms with Gasteiger partial charge in [0.05, 0.1) is 11.3 Å². The molecule has 0 spiro atoms. The number of nitrogens with zero attached hydrogens (tertiary/aromatic N) is 1. The third-order valence-electron chi connectivity index (χ3n) is 8.53. The summed E-state index contributed by atoms with van der Waals surface area (Å²) in [6, 6.07) is 0.479. The zero-order valence-corrected chi connectivity index (χ0v) is 20.7. The number of unbranched alkanes of at least 4 members (excludes halogenated alkanes) is 1. The molecule has 7 nitrogen and oxygen atoms in total. The van der Waals surface area contributed by atoms with E-state index in [9.17, 15) is 13.2 Å². The standard InChI is InChI=1S/C24H44N4O3S/c1-18-5-7-21(8-6-18)32(30,31)28-14-10-19(11-15-28)4-2-3-12-26-24(29)23-16-20-17-25-13-9-22(20)27-23/h18-23,25,27H,2-17H2,1H3,(H,26,29). The topological polar surface area (TPSA) is 90.5 Å². The van der Waals surface area contributed by atoms with E-state index >= 15 is 0 Å². The minimum Gasteiger partial charge on any atom is -0.355 e. The zero-order chi connectivity index (χ0) is 22.6. The van der Waals surface area contributed by atoms with Gasteiger partial charge < -0.3 is 16.0 Å². The lowest BCUT2D eigenvalue weighted by Crippen LogP contribution is -2.45. The fraction of sp³-hybridized carbons (Fsp3) is 0.958. The first kappa shape index (κ1) is 24.4. The molecule has 0 bridgehead atoms. The Morgan fingerprint density at radius 2 is 1.78 bits per heavy atom. The Bertz CT molecular complexity index is 701. The van der Waals surface area contributed by atoms with Crippen molar-refractivity contribution >= 4 is 15.9 Å². The maximum Gasteiger partial charge on any atom is 0.237 e. The molecule has 3 N–H and O–H groups in total. The van der Waals surface area contributed by atoms with Crippen molar-refractivity contribution in [2.75, 3.05) is 32.7 Å². The minimum atomic E-state index is -3.11.